The van der Waals surface area contributed by atoms with Crippen LogP contribution in [0.5, 0.6) is 5.75 Å². The first-order valence-electron chi connectivity index (χ1n) is 12.1. The van der Waals surface area contributed by atoms with E-state index in [9.17, 15) is 18.0 Å². The molecule has 0 saturated heterocycles. The fourth-order valence-corrected chi connectivity index (χ4v) is 5.53. The molecular formula is C26H33Cl2N3O5S. The van der Waals surface area contributed by atoms with Crippen LogP contribution in [0.15, 0.2) is 42.5 Å². The lowest BCUT2D eigenvalue weighted by Gasteiger charge is -2.33. The van der Waals surface area contributed by atoms with E-state index < -0.39 is 28.5 Å². The van der Waals surface area contributed by atoms with E-state index in [-0.39, 0.29) is 24.2 Å². The van der Waals surface area contributed by atoms with Crippen molar-refractivity contribution in [3.05, 3.63) is 58.1 Å². The number of hydrogen-bond acceptors (Lipinski definition) is 5. The van der Waals surface area contributed by atoms with Gasteiger partial charge in [-0.3, -0.25) is 13.9 Å². The molecule has 2 aromatic carbocycles. The molecule has 0 aliphatic heterocycles. The summed E-state index contributed by atoms with van der Waals surface area (Å²) in [6.07, 6.45) is 6.08. The van der Waals surface area contributed by atoms with E-state index in [1.807, 2.05) is 0 Å². The molecule has 8 nitrogen and oxygen atoms in total. The molecule has 11 heteroatoms. The topological polar surface area (TPSA) is 96.0 Å². The number of hydrogen-bond donors (Lipinski definition) is 1. The van der Waals surface area contributed by atoms with E-state index in [0.717, 1.165) is 42.7 Å². The van der Waals surface area contributed by atoms with Gasteiger partial charge in [0.1, 0.15) is 18.3 Å². The van der Waals surface area contributed by atoms with Crippen LogP contribution in [0.2, 0.25) is 10.0 Å². The minimum absolute atomic E-state index is 0.0463. The molecule has 0 spiro atoms. The molecule has 0 unspecified atom stereocenters. The van der Waals surface area contributed by atoms with Crippen molar-refractivity contribution in [1.29, 1.82) is 0 Å². The summed E-state index contributed by atoms with van der Waals surface area (Å²) in [4.78, 5) is 28.2. The summed E-state index contributed by atoms with van der Waals surface area (Å²) in [6, 6.07) is 10.6. The highest BCUT2D eigenvalue weighted by Crippen LogP contribution is 2.26. The van der Waals surface area contributed by atoms with E-state index in [1.165, 1.54) is 18.1 Å². The fourth-order valence-electron chi connectivity index (χ4n) is 4.37. The molecule has 1 atom stereocenters. The van der Waals surface area contributed by atoms with Crippen LogP contribution in [0.1, 0.15) is 44.6 Å². The lowest BCUT2D eigenvalue weighted by atomic mass is 9.95. The Balaban J connectivity index is 1.89. The summed E-state index contributed by atoms with van der Waals surface area (Å²) in [5, 5.41) is 3.75. The highest BCUT2D eigenvalue weighted by Gasteiger charge is 2.31. The molecule has 1 N–H and O–H groups in total. The number of rotatable bonds is 10. The molecule has 3 rings (SSSR count). The number of halogens is 2. The molecule has 2 aromatic rings. The smallest absolute Gasteiger partial charge is 0.244 e. The largest absolute Gasteiger partial charge is 0.497 e. The molecule has 1 aliphatic carbocycles. The molecule has 0 aromatic heterocycles. The Morgan fingerprint density at radius 3 is 2.41 bits per heavy atom. The number of nitrogens with zero attached hydrogens (tertiary/aromatic N) is 2. The number of benzene rings is 2. The Bertz CT molecular complexity index is 1220. The maximum Gasteiger partial charge on any atom is 0.244 e. The SMILES string of the molecule is COc1cccc(N(CC(=O)N(Cc2ccc(Cl)c(Cl)c2)[C@@H](C)C(=O)NC2CCCCC2)S(C)(=O)=O)c1. The Morgan fingerprint density at radius 1 is 1.08 bits per heavy atom. The normalized spacial score (nSPS) is 15.1. The molecule has 202 valence electrons. The zero-order chi connectivity index (χ0) is 27.2. The van der Waals surface area contributed by atoms with Crippen molar-refractivity contribution in [2.75, 3.05) is 24.2 Å². The van der Waals surface area contributed by atoms with Crippen molar-refractivity contribution < 1.29 is 22.7 Å². The van der Waals surface area contributed by atoms with Gasteiger partial charge in [0, 0.05) is 18.7 Å². The fraction of sp³-hybridized carbons (Fsp3) is 0.462. The summed E-state index contributed by atoms with van der Waals surface area (Å²) in [6.45, 7) is 1.20. The molecule has 1 fully saturated rings. The zero-order valence-corrected chi connectivity index (χ0v) is 23.6. The second-order valence-electron chi connectivity index (χ2n) is 9.26. The molecule has 2 amide bonds. The second-order valence-corrected chi connectivity index (χ2v) is 12.0. The number of anilines is 1. The number of carbonyl (C=O) groups excluding carboxylic acids is 2. The lowest BCUT2D eigenvalue weighted by molar-refractivity contribution is -0.139. The maximum absolute atomic E-state index is 13.7. The van der Waals surface area contributed by atoms with Gasteiger partial charge in [-0.2, -0.15) is 0 Å². The van der Waals surface area contributed by atoms with Gasteiger partial charge in [-0.1, -0.05) is 54.6 Å². The van der Waals surface area contributed by atoms with Crippen molar-refractivity contribution >= 4 is 50.7 Å². The van der Waals surface area contributed by atoms with Crippen LogP contribution in [-0.4, -0.2) is 57.1 Å². The summed E-state index contributed by atoms with van der Waals surface area (Å²) in [7, 11) is -2.36. The third-order valence-electron chi connectivity index (χ3n) is 6.48. The van der Waals surface area contributed by atoms with Crippen LogP contribution in [-0.2, 0) is 26.2 Å². The van der Waals surface area contributed by atoms with E-state index >= 15 is 0 Å². The quantitative estimate of drug-likeness (QED) is 0.449. The molecule has 0 radical (unpaired) electrons. The van der Waals surface area contributed by atoms with Crippen LogP contribution in [0.25, 0.3) is 0 Å². The summed E-state index contributed by atoms with van der Waals surface area (Å²) < 4.78 is 31.6. The van der Waals surface area contributed by atoms with Crippen LogP contribution in [0.3, 0.4) is 0 Å². The van der Waals surface area contributed by atoms with E-state index in [4.69, 9.17) is 27.9 Å². The average Bonchev–Trinajstić information content (AvgIpc) is 2.87. The van der Waals surface area contributed by atoms with Crippen LogP contribution in [0.4, 0.5) is 5.69 Å². The number of ether oxygens (including phenoxy) is 1. The number of nitrogens with one attached hydrogen (secondary N) is 1. The van der Waals surface area contributed by atoms with Gasteiger partial charge in [0.25, 0.3) is 0 Å². The van der Waals surface area contributed by atoms with E-state index in [2.05, 4.69) is 5.32 Å². The molecular weight excluding hydrogens is 537 g/mol. The maximum atomic E-state index is 13.7. The summed E-state index contributed by atoms with van der Waals surface area (Å²) in [5.41, 5.74) is 0.941. The predicted molar refractivity (Wildman–Crippen MR) is 147 cm³/mol. The predicted octanol–water partition coefficient (Wildman–Crippen LogP) is 4.63. The summed E-state index contributed by atoms with van der Waals surface area (Å²) in [5.74, 6) is -0.371. The Kier molecular flexibility index (Phi) is 10.1. The molecule has 1 aliphatic rings. The Hall–Kier alpha value is -2.49. The number of amides is 2. The first-order valence-corrected chi connectivity index (χ1v) is 14.8. The third-order valence-corrected chi connectivity index (χ3v) is 8.36. The van der Waals surface area contributed by atoms with Crippen LogP contribution >= 0.6 is 23.2 Å². The standard InChI is InChI=1S/C26H33Cl2N3O5S/c1-18(26(33)29-20-8-5-4-6-9-20)30(16-19-12-13-23(27)24(28)14-19)25(32)17-31(37(3,34)35)21-10-7-11-22(15-21)36-2/h7,10-15,18,20H,4-6,8-9,16-17H2,1-3H3,(H,29,33)/t18-/m0/s1. The monoisotopic (exact) mass is 569 g/mol. The van der Waals surface area contributed by atoms with Gasteiger partial charge in [0.05, 0.1) is 29.1 Å². The van der Waals surface area contributed by atoms with Crippen molar-refractivity contribution in [3.8, 4) is 5.75 Å². The van der Waals surface area contributed by atoms with Gasteiger partial charge >= 0.3 is 0 Å². The van der Waals surface area contributed by atoms with Crippen molar-refractivity contribution in [2.24, 2.45) is 0 Å². The van der Waals surface area contributed by atoms with Gasteiger partial charge in [-0.15, -0.1) is 0 Å². The zero-order valence-electron chi connectivity index (χ0n) is 21.2. The minimum Gasteiger partial charge on any atom is -0.497 e. The molecule has 1 saturated carbocycles. The Morgan fingerprint density at radius 2 is 1.78 bits per heavy atom. The minimum atomic E-state index is -3.83. The number of sulfonamides is 1. The third kappa shape index (κ3) is 7.99. The van der Waals surface area contributed by atoms with Gasteiger partial charge < -0.3 is 15.0 Å². The first-order chi connectivity index (χ1) is 17.5. The number of carbonyl (C=O) groups is 2. The van der Waals surface area contributed by atoms with Crippen molar-refractivity contribution in [3.63, 3.8) is 0 Å². The van der Waals surface area contributed by atoms with E-state index in [1.54, 1.807) is 43.3 Å². The lowest BCUT2D eigenvalue weighted by Crippen LogP contribution is -2.52. The number of methoxy groups -OCH3 is 1. The van der Waals surface area contributed by atoms with Crippen LogP contribution < -0.4 is 14.4 Å². The summed E-state index contributed by atoms with van der Waals surface area (Å²) >= 11 is 12.2. The van der Waals surface area contributed by atoms with Crippen molar-refractivity contribution in [2.45, 2.75) is 57.7 Å². The molecule has 37 heavy (non-hydrogen) atoms. The van der Waals surface area contributed by atoms with Crippen molar-refractivity contribution in [1.82, 2.24) is 10.2 Å². The van der Waals surface area contributed by atoms with Crippen LogP contribution in [0, 0.1) is 0 Å². The highest BCUT2D eigenvalue weighted by atomic mass is 35.5. The second kappa shape index (κ2) is 12.8. The van der Waals surface area contributed by atoms with Gasteiger partial charge in [-0.25, -0.2) is 8.42 Å². The Labute approximate surface area is 228 Å². The first kappa shape index (κ1) is 29.1. The van der Waals surface area contributed by atoms with E-state index in [0.29, 0.717) is 21.4 Å². The molecule has 0 bridgehead atoms. The molecule has 0 heterocycles. The highest BCUT2D eigenvalue weighted by molar-refractivity contribution is 7.92. The van der Waals surface area contributed by atoms with Gasteiger partial charge in [0.2, 0.25) is 21.8 Å². The van der Waals surface area contributed by atoms with Gasteiger partial charge in [-0.05, 0) is 49.6 Å². The van der Waals surface area contributed by atoms with Gasteiger partial charge in [0.15, 0.2) is 0 Å². The average molecular weight is 571 g/mol.